The molecule has 2 rings (SSSR count). The van der Waals surface area contributed by atoms with E-state index < -0.39 is 23.8 Å². The van der Waals surface area contributed by atoms with Crippen molar-refractivity contribution in [2.45, 2.75) is 132 Å². The van der Waals surface area contributed by atoms with E-state index >= 15 is 0 Å². The molecule has 0 aliphatic rings. The van der Waals surface area contributed by atoms with Crippen molar-refractivity contribution in [3.63, 3.8) is 0 Å². The molecule has 244 valence electrons. The third-order valence-electron chi connectivity index (χ3n) is 8.42. The number of hydrogen-bond acceptors (Lipinski definition) is 4. The van der Waals surface area contributed by atoms with E-state index in [1.54, 1.807) is 25.7 Å². The zero-order valence-electron chi connectivity index (χ0n) is 28.9. The number of nitrogens with zero attached hydrogens (tertiary/aromatic N) is 1. The summed E-state index contributed by atoms with van der Waals surface area (Å²) < 4.78 is 5.56. The van der Waals surface area contributed by atoms with Crippen LogP contribution >= 0.6 is 0 Å². The summed E-state index contributed by atoms with van der Waals surface area (Å²) in [4.78, 5) is 43.8. The molecule has 0 radical (unpaired) electrons. The molecule has 44 heavy (non-hydrogen) atoms. The van der Waals surface area contributed by atoms with Gasteiger partial charge in [-0.05, 0) is 88.6 Å². The van der Waals surface area contributed by atoms with Crippen LogP contribution < -0.4 is 10.6 Å². The summed E-state index contributed by atoms with van der Waals surface area (Å²) in [5.41, 5.74) is 4.75. The van der Waals surface area contributed by atoms with Gasteiger partial charge < -0.3 is 20.3 Å². The van der Waals surface area contributed by atoms with Crippen LogP contribution in [0.1, 0.15) is 120 Å². The molecule has 0 saturated heterocycles. The van der Waals surface area contributed by atoms with Crippen LogP contribution in [0.15, 0.2) is 36.4 Å². The number of nitrogens with one attached hydrogen (secondary N) is 2. The minimum absolute atomic E-state index is 0.178. The van der Waals surface area contributed by atoms with Crippen LogP contribution in [0.4, 0.5) is 10.5 Å². The Hall–Kier alpha value is -3.35. The highest BCUT2D eigenvalue weighted by atomic mass is 16.6. The molecule has 0 fully saturated rings. The monoisotopic (exact) mass is 607 g/mol. The SMILES string of the molecule is CCCCCCCCN(C(=O)C(NC(=O)OC(C)(C)C)C(C)CC)C(C(=O)Nc1c(C)cccc1C)c1cccc(C)c1C. The van der Waals surface area contributed by atoms with Crippen LogP contribution in [0.25, 0.3) is 0 Å². The smallest absolute Gasteiger partial charge is 0.408 e. The number of para-hydroxylation sites is 1. The maximum Gasteiger partial charge on any atom is 0.408 e. The quantitative estimate of drug-likeness (QED) is 0.198. The molecular weight excluding hydrogens is 550 g/mol. The molecule has 3 amide bonds. The summed E-state index contributed by atoms with van der Waals surface area (Å²) in [6.45, 7) is 19.9. The van der Waals surface area contributed by atoms with Crippen molar-refractivity contribution in [1.82, 2.24) is 10.2 Å². The second kappa shape index (κ2) is 17.2. The van der Waals surface area contributed by atoms with Gasteiger partial charge in [-0.15, -0.1) is 0 Å². The Labute approximate surface area is 266 Å². The van der Waals surface area contributed by atoms with Crippen LogP contribution in [-0.4, -0.2) is 41.0 Å². The molecule has 0 aliphatic heterocycles. The van der Waals surface area contributed by atoms with Crippen LogP contribution in [0, 0.1) is 33.6 Å². The molecule has 2 aromatic carbocycles. The summed E-state index contributed by atoms with van der Waals surface area (Å²) in [5.74, 6) is -0.722. The molecule has 3 atom stereocenters. The van der Waals surface area contributed by atoms with Gasteiger partial charge in [0.05, 0.1) is 0 Å². The van der Waals surface area contributed by atoms with Gasteiger partial charge in [-0.3, -0.25) is 9.59 Å². The zero-order valence-corrected chi connectivity index (χ0v) is 28.9. The van der Waals surface area contributed by atoms with E-state index in [9.17, 15) is 14.4 Å². The average molecular weight is 608 g/mol. The summed E-state index contributed by atoms with van der Waals surface area (Å²) in [6, 6.07) is 10.1. The lowest BCUT2D eigenvalue weighted by atomic mass is 9.92. The number of hydrogen-bond donors (Lipinski definition) is 2. The fraction of sp³-hybridized carbons (Fsp3) is 0.595. The number of alkyl carbamates (subject to hydrolysis) is 1. The van der Waals surface area contributed by atoms with Crippen molar-refractivity contribution in [1.29, 1.82) is 0 Å². The Balaban J connectivity index is 2.63. The number of amides is 3. The molecule has 0 spiro atoms. The summed E-state index contributed by atoms with van der Waals surface area (Å²) >= 11 is 0. The highest BCUT2D eigenvalue weighted by Gasteiger charge is 2.38. The molecule has 0 aromatic heterocycles. The number of benzene rings is 2. The molecule has 2 aromatic rings. The molecule has 2 N–H and O–H groups in total. The van der Waals surface area contributed by atoms with E-state index in [2.05, 4.69) is 17.6 Å². The minimum atomic E-state index is -0.885. The van der Waals surface area contributed by atoms with Gasteiger partial charge in [0, 0.05) is 12.2 Å². The van der Waals surface area contributed by atoms with Crippen LogP contribution in [0.3, 0.4) is 0 Å². The maximum absolute atomic E-state index is 14.7. The van der Waals surface area contributed by atoms with Crippen LogP contribution in [0.5, 0.6) is 0 Å². The predicted molar refractivity (Wildman–Crippen MR) is 181 cm³/mol. The fourth-order valence-corrected chi connectivity index (χ4v) is 5.45. The van der Waals surface area contributed by atoms with Crippen molar-refractivity contribution in [2.75, 3.05) is 11.9 Å². The second-order valence-corrected chi connectivity index (χ2v) is 13.3. The number of aryl methyl sites for hydroxylation is 3. The number of rotatable bonds is 15. The van der Waals surface area contributed by atoms with Crippen LogP contribution in [-0.2, 0) is 14.3 Å². The van der Waals surface area contributed by atoms with Gasteiger partial charge in [-0.25, -0.2) is 4.79 Å². The van der Waals surface area contributed by atoms with Crippen molar-refractivity contribution in [2.24, 2.45) is 5.92 Å². The van der Waals surface area contributed by atoms with Crippen molar-refractivity contribution >= 4 is 23.6 Å². The molecule has 0 aliphatic carbocycles. The zero-order chi connectivity index (χ0) is 33.0. The normalized spacial score (nSPS) is 13.5. The van der Waals surface area contributed by atoms with Gasteiger partial charge in [0.25, 0.3) is 5.91 Å². The van der Waals surface area contributed by atoms with Gasteiger partial charge in [-0.2, -0.15) is 0 Å². The van der Waals surface area contributed by atoms with E-state index in [0.29, 0.717) is 13.0 Å². The lowest BCUT2D eigenvalue weighted by Gasteiger charge is -2.37. The van der Waals surface area contributed by atoms with Gasteiger partial charge in [0.15, 0.2) is 0 Å². The van der Waals surface area contributed by atoms with Gasteiger partial charge in [0.2, 0.25) is 5.91 Å². The Morgan fingerprint density at radius 3 is 2.00 bits per heavy atom. The first kappa shape index (κ1) is 36.8. The first-order valence-electron chi connectivity index (χ1n) is 16.4. The standard InChI is InChI=1S/C37H57N3O4/c1-11-13-14-15-16-17-24-40(35(42)32(25(3)12-2)39-36(43)44-37(8,9)10)33(30-23-19-20-26(4)29(30)7)34(41)38-31-27(5)21-18-22-28(31)6/h18-23,25,32-33H,11-17,24H2,1-10H3,(H,38,41)(H,39,43). The van der Waals surface area contributed by atoms with E-state index in [0.717, 1.165) is 65.6 Å². The minimum Gasteiger partial charge on any atom is -0.444 e. The van der Waals surface area contributed by atoms with Gasteiger partial charge >= 0.3 is 6.09 Å². The van der Waals surface area contributed by atoms with Crippen molar-refractivity contribution in [3.05, 3.63) is 64.2 Å². The summed E-state index contributed by atoms with van der Waals surface area (Å²) in [5, 5.41) is 6.06. The van der Waals surface area contributed by atoms with Gasteiger partial charge in [-0.1, -0.05) is 95.7 Å². The second-order valence-electron chi connectivity index (χ2n) is 13.3. The van der Waals surface area contributed by atoms with Crippen molar-refractivity contribution < 1.29 is 19.1 Å². The number of ether oxygens (including phenoxy) is 1. The molecule has 7 heteroatoms. The highest BCUT2D eigenvalue weighted by Crippen LogP contribution is 2.31. The Morgan fingerprint density at radius 2 is 1.41 bits per heavy atom. The van der Waals surface area contributed by atoms with Crippen molar-refractivity contribution in [3.8, 4) is 0 Å². The molecule has 0 saturated carbocycles. The topological polar surface area (TPSA) is 87.7 Å². The first-order valence-corrected chi connectivity index (χ1v) is 16.4. The van der Waals surface area contributed by atoms with Crippen LogP contribution in [0.2, 0.25) is 0 Å². The number of unbranched alkanes of at least 4 members (excludes halogenated alkanes) is 5. The Kier molecular flexibility index (Phi) is 14.4. The molecule has 3 unspecified atom stereocenters. The molecule has 0 heterocycles. The fourth-order valence-electron chi connectivity index (χ4n) is 5.45. The molecule has 0 bridgehead atoms. The lowest BCUT2D eigenvalue weighted by Crippen LogP contribution is -2.55. The van der Waals surface area contributed by atoms with Gasteiger partial charge in [0.1, 0.15) is 17.7 Å². The Morgan fingerprint density at radius 1 is 0.841 bits per heavy atom. The highest BCUT2D eigenvalue weighted by molar-refractivity contribution is 6.00. The van der Waals surface area contributed by atoms with E-state index in [1.807, 2.05) is 77.9 Å². The van der Waals surface area contributed by atoms with E-state index in [-0.39, 0.29) is 17.7 Å². The summed E-state index contributed by atoms with van der Waals surface area (Å²) in [6.07, 6.45) is 6.30. The molecular formula is C37H57N3O4. The largest absolute Gasteiger partial charge is 0.444 e. The first-order chi connectivity index (χ1) is 20.7. The Bertz CT molecular complexity index is 1230. The predicted octanol–water partition coefficient (Wildman–Crippen LogP) is 8.73. The van der Waals surface area contributed by atoms with E-state index in [4.69, 9.17) is 4.74 Å². The average Bonchev–Trinajstić information content (AvgIpc) is 2.95. The third-order valence-corrected chi connectivity index (χ3v) is 8.42. The number of carbonyl (C=O) groups excluding carboxylic acids is 3. The molecule has 7 nitrogen and oxygen atoms in total. The number of anilines is 1. The van der Waals surface area contributed by atoms with E-state index in [1.165, 1.54) is 6.42 Å². The maximum atomic E-state index is 14.7. The lowest BCUT2D eigenvalue weighted by molar-refractivity contribution is -0.142. The summed E-state index contributed by atoms with van der Waals surface area (Å²) in [7, 11) is 0. The third kappa shape index (κ3) is 10.7. The number of carbonyl (C=O) groups is 3.